The van der Waals surface area contributed by atoms with Crippen molar-refractivity contribution >= 4 is 42.0 Å². The summed E-state index contributed by atoms with van der Waals surface area (Å²) in [4.78, 5) is 98.4. The number of amides is 4. The molecule has 3 N–H and O–H groups in total. The Labute approximate surface area is 417 Å². The van der Waals surface area contributed by atoms with E-state index >= 15 is 0 Å². The number of carbonyl (C=O) groups is 7. The fourth-order valence-corrected chi connectivity index (χ4v) is 7.75. The molecule has 6 aromatic rings. The van der Waals surface area contributed by atoms with E-state index in [-0.39, 0.29) is 61.3 Å². The second-order valence-corrected chi connectivity index (χ2v) is 16.6. The van der Waals surface area contributed by atoms with E-state index in [2.05, 4.69) is 16.0 Å². The smallest absolute Gasteiger partial charge is 0.363 e. The number of nitrogens with zero attached hydrogens (tertiary/aromatic N) is 2. The first kappa shape index (κ1) is 52.9. The van der Waals surface area contributed by atoms with Crippen LogP contribution in [0.5, 0.6) is 5.75 Å². The van der Waals surface area contributed by atoms with Crippen LogP contribution in [0.15, 0.2) is 144 Å². The molecule has 2 aromatic heterocycles. The monoisotopic (exact) mass is 981 g/mol. The Balaban J connectivity index is 1.08. The molecule has 376 valence electrons. The van der Waals surface area contributed by atoms with Crippen molar-refractivity contribution in [2.45, 2.75) is 84.6 Å². The number of carbonyl (C=O) groups excluding carboxylic acids is 7. The van der Waals surface area contributed by atoms with Gasteiger partial charge in [0.15, 0.2) is 5.76 Å². The molecule has 0 saturated carbocycles. The first-order chi connectivity index (χ1) is 35.0. The van der Waals surface area contributed by atoms with E-state index in [1.807, 2.05) is 48.1 Å². The molecule has 0 fully saturated rings. The molecule has 0 spiro atoms. The summed E-state index contributed by atoms with van der Waals surface area (Å²) < 4.78 is 24.5. The number of rotatable bonds is 27. The van der Waals surface area contributed by atoms with Gasteiger partial charge in [-0.05, 0) is 91.6 Å². The van der Waals surface area contributed by atoms with Gasteiger partial charge in [0.2, 0.25) is 12.3 Å². The van der Waals surface area contributed by atoms with Gasteiger partial charge in [-0.15, -0.1) is 0 Å². The lowest BCUT2D eigenvalue weighted by Crippen LogP contribution is -2.49. The van der Waals surface area contributed by atoms with E-state index in [1.165, 1.54) is 12.1 Å². The Morgan fingerprint density at radius 3 is 2.06 bits per heavy atom. The van der Waals surface area contributed by atoms with E-state index in [0.717, 1.165) is 29.2 Å². The van der Waals surface area contributed by atoms with Crippen LogP contribution in [0, 0.1) is 5.92 Å². The third kappa shape index (κ3) is 15.0. The molecule has 0 saturated heterocycles. The highest BCUT2D eigenvalue weighted by Gasteiger charge is 2.34. The number of benzene rings is 4. The minimum absolute atomic E-state index is 0.0294. The molecule has 17 nitrogen and oxygen atoms in total. The molecular formula is C55H59N5O12. The molecule has 0 aliphatic carbocycles. The molecule has 2 heterocycles. The molecule has 17 heteroatoms. The number of hydrogen-bond donors (Lipinski definition) is 3. The number of aromatic nitrogens is 1. The number of hydrogen-bond acceptors (Lipinski definition) is 12. The molecule has 0 aliphatic heterocycles. The highest BCUT2D eigenvalue weighted by molar-refractivity contribution is 6.00. The Kier molecular flexibility index (Phi) is 19.9. The van der Waals surface area contributed by atoms with E-state index in [1.54, 1.807) is 105 Å². The molecule has 6 rings (SSSR count). The number of furan rings is 1. The zero-order chi connectivity index (χ0) is 51.2. The first-order valence-corrected chi connectivity index (χ1v) is 23.8. The van der Waals surface area contributed by atoms with Crippen molar-refractivity contribution in [2.24, 2.45) is 5.92 Å². The van der Waals surface area contributed by atoms with Crippen molar-refractivity contribution in [1.82, 2.24) is 25.6 Å². The van der Waals surface area contributed by atoms with E-state index in [9.17, 15) is 33.6 Å². The van der Waals surface area contributed by atoms with Crippen molar-refractivity contribution < 1.29 is 57.0 Å². The van der Waals surface area contributed by atoms with E-state index < -0.39 is 60.1 Å². The number of unbranched alkanes of at least 4 members (excludes halogenated alkanes) is 2. The summed E-state index contributed by atoms with van der Waals surface area (Å²) in [7, 11) is 0. The van der Waals surface area contributed by atoms with Gasteiger partial charge >= 0.3 is 17.9 Å². The number of hydroxylamine groups is 2. The van der Waals surface area contributed by atoms with Crippen LogP contribution in [0.4, 0.5) is 0 Å². The van der Waals surface area contributed by atoms with Crippen LogP contribution in [0.2, 0.25) is 0 Å². The summed E-state index contributed by atoms with van der Waals surface area (Å²) in [5.74, 6) is -4.64. The standard InChI is InChI=1S/C55H59N5O12/c1-4-7-10-21-43(46(5-2)60(37-61)72-54(66)40-22-25-42(26-23-40)59-30-15-16-31-59)51(63)56-36-57-53(65)48-29-28-47(71-48)41-24-27-44(49(32-41)68-6-3)52(64)58-45(55(67)70-35-39-19-13-9-14-20-39)33-50(62)69-34-38-17-11-8-12-18-38/h8-9,11-20,22-32,37,43,45-46H,4-7,10,21,33-36H2,1-3H3,(H,56,63)(H,57,65)(H,58,64). The van der Waals surface area contributed by atoms with E-state index in [4.69, 9.17) is 23.5 Å². The maximum absolute atomic E-state index is 13.8. The maximum Gasteiger partial charge on any atom is 0.363 e. The van der Waals surface area contributed by atoms with Crippen LogP contribution in [-0.4, -0.2) is 77.0 Å². The molecule has 0 bridgehead atoms. The predicted molar refractivity (Wildman–Crippen MR) is 265 cm³/mol. The summed E-state index contributed by atoms with van der Waals surface area (Å²) in [5, 5.41) is 8.88. The number of nitrogens with one attached hydrogen (secondary N) is 3. The Morgan fingerprint density at radius 2 is 1.42 bits per heavy atom. The highest BCUT2D eigenvalue weighted by atomic mass is 16.7. The molecule has 0 radical (unpaired) electrons. The molecule has 72 heavy (non-hydrogen) atoms. The van der Waals surface area contributed by atoms with E-state index in [0.29, 0.717) is 30.4 Å². The third-order valence-electron chi connectivity index (χ3n) is 11.5. The van der Waals surface area contributed by atoms with Gasteiger partial charge in [-0.3, -0.25) is 24.0 Å². The Bertz CT molecular complexity index is 2720. The van der Waals surface area contributed by atoms with Gasteiger partial charge in [0.05, 0.1) is 42.8 Å². The molecule has 4 aromatic carbocycles. The summed E-state index contributed by atoms with van der Waals surface area (Å²) in [5.41, 5.74) is 3.00. The van der Waals surface area contributed by atoms with Crippen LogP contribution in [-0.2, 0) is 46.7 Å². The third-order valence-corrected chi connectivity index (χ3v) is 11.5. The zero-order valence-corrected chi connectivity index (χ0v) is 40.5. The SMILES string of the molecule is CCCCCC(C(=O)NCNC(=O)c1ccc(-c2ccc(C(=O)NC(CC(=O)OCc3ccccc3)C(=O)OCc3ccccc3)c(OCC)c2)o1)C(CC)N(C=O)OC(=O)c1ccc(-n2cccc2)cc1. The Hall–Kier alpha value is -8.47. The quantitative estimate of drug-likeness (QED) is 0.0147. The summed E-state index contributed by atoms with van der Waals surface area (Å²) in [6, 6.07) is 33.8. The summed E-state index contributed by atoms with van der Waals surface area (Å²) >= 11 is 0. The average molecular weight is 982 g/mol. The van der Waals surface area contributed by atoms with Crippen molar-refractivity contribution in [2.75, 3.05) is 13.3 Å². The van der Waals surface area contributed by atoms with Crippen molar-refractivity contribution in [3.63, 3.8) is 0 Å². The fraction of sp³-hybridized carbons (Fsp3) is 0.291. The van der Waals surface area contributed by atoms with Crippen molar-refractivity contribution in [3.05, 3.63) is 168 Å². The van der Waals surface area contributed by atoms with Crippen LogP contribution >= 0.6 is 0 Å². The predicted octanol–water partition coefficient (Wildman–Crippen LogP) is 8.12. The van der Waals surface area contributed by atoms with Crippen LogP contribution in [0.3, 0.4) is 0 Å². The lowest BCUT2D eigenvalue weighted by Gasteiger charge is -2.31. The van der Waals surface area contributed by atoms with Crippen molar-refractivity contribution in [1.29, 1.82) is 0 Å². The topological polar surface area (TPSA) is 214 Å². The number of ether oxygens (including phenoxy) is 3. The van der Waals surface area contributed by atoms with Gasteiger partial charge < -0.3 is 44.0 Å². The first-order valence-electron chi connectivity index (χ1n) is 23.8. The Morgan fingerprint density at radius 1 is 0.736 bits per heavy atom. The number of esters is 2. The largest absolute Gasteiger partial charge is 0.493 e. The minimum atomic E-state index is -1.41. The highest BCUT2D eigenvalue weighted by Crippen LogP contribution is 2.30. The van der Waals surface area contributed by atoms with Crippen molar-refractivity contribution in [3.8, 4) is 22.8 Å². The van der Waals surface area contributed by atoms with Gasteiger partial charge in [0.25, 0.3) is 11.8 Å². The molecule has 3 unspecified atom stereocenters. The molecule has 3 atom stereocenters. The molecule has 0 aliphatic rings. The minimum Gasteiger partial charge on any atom is -0.493 e. The second-order valence-electron chi connectivity index (χ2n) is 16.6. The fourth-order valence-electron chi connectivity index (χ4n) is 7.75. The average Bonchev–Trinajstić information content (AvgIpc) is 4.14. The second kappa shape index (κ2) is 27.1. The lowest BCUT2D eigenvalue weighted by atomic mass is 9.90. The van der Waals surface area contributed by atoms with Gasteiger partial charge in [-0.1, -0.05) is 99.8 Å². The van der Waals surface area contributed by atoms with Gasteiger partial charge in [0.1, 0.15) is 30.8 Å². The van der Waals surface area contributed by atoms with Crippen LogP contribution in [0.1, 0.15) is 102 Å². The summed E-state index contributed by atoms with van der Waals surface area (Å²) in [6.45, 7) is 5.30. The molecular weight excluding hydrogens is 923 g/mol. The van der Waals surface area contributed by atoms with Crippen LogP contribution in [0.25, 0.3) is 17.0 Å². The van der Waals surface area contributed by atoms with Gasteiger partial charge in [0, 0.05) is 23.6 Å². The zero-order valence-electron chi connectivity index (χ0n) is 40.5. The maximum atomic E-state index is 13.8. The normalized spacial score (nSPS) is 12.0. The van der Waals surface area contributed by atoms with Crippen LogP contribution < -0.4 is 20.7 Å². The molecule has 4 amide bonds. The van der Waals surface area contributed by atoms with Gasteiger partial charge in [-0.2, -0.15) is 5.06 Å². The lowest BCUT2D eigenvalue weighted by molar-refractivity contribution is -0.171. The summed E-state index contributed by atoms with van der Waals surface area (Å²) in [6.07, 6.45) is 6.69. The van der Waals surface area contributed by atoms with Gasteiger partial charge in [-0.25, -0.2) is 9.59 Å².